The zero-order valence-electron chi connectivity index (χ0n) is 38.6. The Kier molecular flexibility index (Phi) is 13.1. The normalized spacial score (nSPS) is 15.9. The molecular weight excluding hydrogens is 844 g/mol. The summed E-state index contributed by atoms with van der Waals surface area (Å²) in [7, 11) is 1.91. The van der Waals surface area contributed by atoms with Crippen molar-refractivity contribution in [2.75, 3.05) is 50.9 Å². The number of hydrogen-bond acceptors (Lipinski definition) is 7. The summed E-state index contributed by atoms with van der Waals surface area (Å²) in [6.07, 6.45) is 1.13. The zero-order valence-corrected chi connectivity index (χ0v) is 38.6. The Bertz CT molecular complexity index is 2900. The highest BCUT2D eigenvalue weighted by Gasteiger charge is 2.33. The van der Waals surface area contributed by atoms with Gasteiger partial charge in [-0.3, -0.25) is 24.2 Å². The lowest BCUT2D eigenvalue weighted by Crippen LogP contribution is -2.43. The van der Waals surface area contributed by atoms with Crippen molar-refractivity contribution in [1.82, 2.24) is 19.3 Å². The van der Waals surface area contributed by atoms with Gasteiger partial charge in [-0.1, -0.05) is 54.6 Å². The molecule has 67 heavy (non-hydrogen) atoms. The lowest BCUT2D eigenvalue weighted by atomic mass is 9.89. The molecule has 0 aliphatic carbocycles. The van der Waals surface area contributed by atoms with Gasteiger partial charge in [0.25, 0.3) is 11.8 Å². The van der Waals surface area contributed by atoms with Crippen LogP contribution >= 0.6 is 0 Å². The van der Waals surface area contributed by atoms with Gasteiger partial charge < -0.3 is 23.8 Å². The number of fused-ring (bicyclic) bond motifs is 2. The molecule has 1 atom stereocenters. The summed E-state index contributed by atoms with van der Waals surface area (Å²) in [6.45, 7) is 11.2. The molecule has 5 aromatic carbocycles. The quantitative estimate of drug-likeness (QED) is 0.128. The number of benzene rings is 5. The number of carbonyl (C=O) groups is 3. The first-order chi connectivity index (χ1) is 32.5. The second kappa shape index (κ2) is 19.4. The number of halogens is 1. The fourth-order valence-electron chi connectivity index (χ4n) is 9.59. The SMILES string of the molecule is Cc1ccc(N(C(=O)c2cc(-c3cc4c(cc3C(=O)N3Cc5ccccc5C[C@H]3C)CN(C(=O)Cc3ccc(OCCN5CCOCC5)cc3F)CC4)n(C)c2C)c2ccccc2)cc1C#N. The second-order valence-electron chi connectivity index (χ2n) is 17.9. The minimum absolute atomic E-state index is 0.0830. The van der Waals surface area contributed by atoms with Gasteiger partial charge in [0, 0.05) is 86.6 Å². The molecule has 0 saturated carbocycles. The van der Waals surface area contributed by atoms with E-state index in [1.165, 1.54) is 11.6 Å². The van der Waals surface area contributed by atoms with Gasteiger partial charge in [-0.15, -0.1) is 0 Å². The maximum Gasteiger partial charge on any atom is 0.264 e. The van der Waals surface area contributed by atoms with Crippen LogP contribution in [-0.2, 0) is 48.9 Å². The van der Waals surface area contributed by atoms with E-state index in [2.05, 4.69) is 36.1 Å². The Morgan fingerprint density at radius 1 is 0.821 bits per heavy atom. The van der Waals surface area contributed by atoms with E-state index in [0.29, 0.717) is 102 Å². The molecule has 0 bridgehead atoms. The summed E-state index contributed by atoms with van der Waals surface area (Å²) in [5.74, 6) is -0.686. The number of ether oxygens (including phenoxy) is 2. The summed E-state index contributed by atoms with van der Waals surface area (Å²) < 4.78 is 28.7. The Morgan fingerprint density at radius 2 is 1.58 bits per heavy atom. The van der Waals surface area contributed by atoms with E-state index < -0.39 is 5.82 Å². The predicted octanol–water partition coefficient (Wildman–Crippen LogP) is 8.72. The van der Waals surface area contributed by atoms with Crippen LogP contribution in [-0.4, -0.2) is 89.0 Å². The van der Waals surface area contributed by atoms with Crippen LogP contribution in [0.1, 0.15) is 72.3 Å². The molecule has 3 amide bonds. The van der Waals surface area contributed by atoms with E-state index >= 15 is 9.18 Å². The Labute approximate surface area is 391 Å². The van der Waals surface area contributed by atoms with E-state index in [9.17, 15) is 14.9 Å². The van der Waals surface area contributed by atoms with Crippen LogP contribution in [0.15, 0.2) is 109 Å². The summed E-state index contributed by atoms with van der Waals surface area (Å²) in [4.78, 5) is 51.6. The van der Waals surface area contributed by atoms with Crippen molar-refractivity contribution >= 4 is 29.1 Å². The van der Waals surface area contributed by atoms with Crippen molar-refractivity contribution in [2.45, 2.75) is 59.2 Å². The summed E-state index contributed by atoms with van der Waals surface area (Å²) in [6, 6.07) is 35.7. The lowest BCUT2D eigenvalue weighted by molar-refractivity contribution is -0.131. The lowest BCUT2D eigenvalue weighted by Gasteiger charge is -2.36. The van der Waals surface area contributed by atoms with Crippen molar-refractivity contribution in [2.24, 2.45) is 7.05 Å². The van der Waals surface area contributed by atoms with Gasteiger partial charge in [-0.05, 0) is 116 Å². The molecule has 1 aromatic heterocycles. The number of nitrogens with zero attached hydrogens (tertiary/aromatic N) is 6. The van der Waals surface area contributed by atoms with E-state index in [1.54, 1.807) is 28.0 Å². The molecule has 9 rings (SSSR count). The number of aryl methyl sites for hydroxylation is 1. The highest BCUT2D eigenvalue weighted by Crippen LogP contribution is 2.37. The minimum atomic E-state index is -0.488. The molecule has 6 aromatic rings. The maximum absolute atomic E-state index is 15.5. The molecule has 0 N–H and O–H groups in total. The van der Waals surface area contributed by atoms with Gasteiger partial charge in [0.1, 0.15) is 18.2 Å². The number of carbonyl (C=O) groups excluding carboxylic acids is 3. The molecule has 3 aliphatic heterocycles. The van der Waals surface area contributed by atoms with Crippen molar-refractivity contribution in [1.29, 1.82) is 5.26 Å². The van der Waals surface area contributed by atoms with E-state index in [4.69, 9.17) is 9.47 Å². The molecule has 12 heteroatoms. The van der Waals surface area contributed by atoms with Crippen LogP contribution in [0.3, 0.4) is 0 Å². The van der Waals surface area contributed by atoms with Gasteiger partial charge >= 0.3 is 0 Å². The number of amides is 3. The van der Waals surface area contributed by atoms with Crippen molar-refractivity contribution in [3.63, 3.8) is 0 Å². The van der Waals surface area contributed by atoms with Crippen molar-refractivity contribution < 1.29 is 28.2 Å². The Morgan fingerprint density at radius 3 is 2.34 bits per heavy atom. The summed E-state index contributed by atoms with van der Waals surface area (Å²) in [5, 5.41) is 9.92. The maximum atomic E-state index is 15.5. The average molecular weight is 899 g/mol. The number of rotatable bonds is 11. The number of nitriles is 1. The molecule has 1 fully saturated rings. The monoisotopic (exact) mass is 898 g/mol. The molecule has 1 saturated heterocycles. The molecule has 0 spiro atoms. The third kappa shape index (κ3) is 9.35. The minimum Gasteiger partial charge on any atom is -0.492 e. The van der Waals surface area contributed by atoms with E-state index in [0.717, 1.165) is 41.9 Å². The molecule has 342 valence electrons. The molecule has 3 aliphatic rings. The first-order valence-corrected chi connectivity index (χ1v) is 23.1. The van der Waals surface area contributed by atoms with Gasteiger partial charge in [0.15, 0.2) is 0 Å². The van der Waals surface area contributed by atoms with E-state index in [-0.39, 0.29) is 36.7 Å². The molecule has 0 unspecified atom stereocenters. The van der Waals surface area contributed by atoms with Gasteiger partial charge in [0.05, 0.1) is 42.5 Å². The smallest absolute Gasteiger partial charge is 0.264 e. The van der Waals surface area contributed by atoms with Crippen LogP contribution in [0.25, 0.3) is 11.3 Å². The fraction of sp³-hybridized carbons (Fsp3) is 0.309. The first-order valence-electron chi connectivity index (χ1n) is 23.1. The van der Waals surface area contributed by atoms with Crippen LogP contribution in [0.2, 0.25) is 0 Å². The predicted molar refractivity (Wildman–Crippen MR) is 256 cm³/mol. The number of aromatic nitrogens is 1. The number of anilines is 2. The average Bonchev–Trinajstić information content (AvgIpc) is 3.64. The Hall–Kier alpha value is -7.07. The van der Waals surface area contributed by atoms with Gasteiger partial charge in [0.2, 0.25) is 5.91 Å². The molecule has 0 radical (unpaired) electrons. The first kappa shape index (κ1) is 45.1. The zero-order chi connectivity index (χ0) is 46.8. The number of morpholine rings is 1. The van der Waals surface area contributed by atoms with Crippen molar-refractivity contribution in [3.8, 4) is 23.1 Å². The van der Waals surface area contributed by atoms with Crippen LogP contribution in [0.5, 0.6) is 5.75 Å². The third-order valence-electron chi connectivity index (χ3n) is 13.7. The Balaban J connectivity index is 1.03. The fourth-order valence-corrected chi connectivity index (χ4v) is 9.59. The topological polar surface area (TPSA) is 111 Å². The van der Waals surface area contributed by atoms with Crippen LogP contribution in [0.4, 0.5) is 15.8 Å². The molecule has 11 nitrogen and oxygen atoms in total. The van der Waals surface area contributed by atoms with Crippen LogP contribution in [0, 0.1) is 31.0 Å². The molecular formula is C55H55FN6O5. The number of hydrogen-bond donors (Lipinski definition) is 0. The van der Waals surface area contributed by atoms with Gasteiger partial charge in [-0.2, -0.15) is 5.26 Å². The van der Waals surface area contributed by atoms with Crippen LogP contribution < -0.4 is 9.64 Å². The van der Waals surface area contributed by atoms with E-state index in [1.807, 2.05) is 97.1 Å². The van der Waals surface area contributed by atoms with Crippen molar-refractivity contribution in [3.05, 3.63) is 171 Å². The van der Waals surface area contributed by atoms with Gasteiger partial charge in [-0.25, -0.2) is 4.39 Å². The standard InChI is InChI=1S/C55H55FN6O5/c1-36-14-16-46(27-43(36)33-57)62(45-12-6-5-7-13-45)55(65)48-32-52(58(4)38(48)3)49-28-40-18-19-60(34-44(40)29-50(49)54(64)61-35-42-11-9-8-10-39(42)26-37(61)2)53(63)30-41-15-17-47(31-51(41)56)67-25-22-59-20-23-66-24-21-59/h5-17,27-29,31-32,37H,18-26,30,34-35H2,1-4H3/t37-/m1/s1. The molecule has 4 heterocycles. The highest BCUT2D eigenvalue weighted by molar-refractivity contribution is 6.12. The second-order valence-corrected chi connectivity index (χ2v) is 17.9. The highest BCUT2D eigenvalue weighted by atomic mass is 19.1. The summed E-state index contributed by atoms with van der Waals surface area (Å²) in [5.41, 5.74) is 10.0. The largest absolute Gasteiger partial charge is 0.492 e. The summed E-state index contributed by atoms with van der Waals surface area (Å²) >= 11 is 0. The third-order valence-corrected chi connectivity index (χ3v) is 13.7. The number of para-hydroxylation sites is 1.